The topological polar surface area (TPSA) is 95.0 Å². The first kappa shape index (κ1) is 19.1. The van der Waals surface area contributed by atoms with Crippen molar-refractivity contribution < 1.29 is 23.1 Å². The molecule has 0 aliphatic rings. The zero-order valence-electron chi connectivity index (χ0n) is 13.7. The minimum absolute atomic E-state index is 0.0894. The Balaban J connectivity index is 3.05. The van der Waals surface area contributed by atoms with E-state index in [2.05, 4.69) is 0 Å². The summed E-state index contributed by atoms with van der Waals surface area (Å²) < 4.78 is 25.9. The van der Waals surface area contributed by atoms with Gasteiger partial charge in [0.1, 0.15) is 6.54 Å². The van der Waals surface area contributed by atoms with Crippen LogP contribution >= 0.6 is 0 Å². The molecular formula is C15H22N2O5S. The first-order valence-corrected chi connectivity index (χ1v) is 8.64. The van der Waals surface area contributed by atoms with E-state index in [9.17, 15) is 18.0 Å². The first-order valence-electron chi connectivity index (χ1n) is 7.20. The van der Waals surface area contributed by atoms with Gasteiger partial charge in [-0.15, -0.1) is 0 Å². The molecule has 8 heteroatoms. The molecule has 0 aliphatic carbocycles. The summed E-state index contributed by atoms with van der Waals surface area (Å²) in [6, 6.07) is 5.32. The van der Waals surface area contributed by atoms with Crippen LogP contribution in [-0.2, 0) is 14.8 Å². The Morgan fingerprint density at radius 2 is 1.70 bits per heavy atom. The van der Waals surface area contributed by atoms with Crippen LogP contribution in [-0.4, -0.2) is 60.8 Å². The van der Waals surface area contributed by atoms with E-state index < -0.39 is 28.4 Å². The van der Waals surface area contributed by atoms with Gasteiger partial charge in [-0.3, -0.25) is 9.59 Å². The van der Waals surface area contributed by atoms with Crippen LogP contribution < -0.4 is 0 Å². The standard InChI is InChI=1S/C15H22N2O5S/c1-5-17(10-14(18)19)15(20)12-6-8-13(9-7-12)23(21,22)16(4)11(2)3/h6-9,11H,5,10H2,1-4H3,(H,18,19). The molecule has 0 bridgehead atoms. The Morgan fingerprint density at radius 1 is 1.17 bits per heavy atom. The number of hydrogen-bond acceptors (Lipinski definition) is 4. The number of carboxylic acids is 1. The largest absolute Gasteiger partial charge is 0.480 e. The minimum atomic E-state index is -3.61. The number of rotatable bonds is 7. The maximum Gasteiger partial charge on any atom is 0.323 e. The second-order valence-electron chi connectivity index (χ2n) is 5.35. The lowest BCUT2D eigenvalue weighted by Gasteiger charge is -2.21. The third-order valence-electron chi connectivity index (χ3n) is 3.50. The predicted molar refractivity (Wildman–Crippen MR) is 85.7 cm³/mol. The van der Waals surface area contributed by atoms with E-state index in [0.29, 0.717) is 0 Å². The zero-order chi connectivity index (χ0) is 17.8. The Bertz CT molecular complexity index is 668. The van der Waals surface area contributed by atoms with Crippen molar-refractivity contribution in [3.05, 3.63) is 29.8 Å². The van der Waals surface area contributed by atoms with Crippen molar-refractivity contribution in [1.82, 2.24) is 9.21 Å². The summed E-state index contributed by atoms with van der Waals surface area (Å²) >= 11 is 0. The maximum atomic E-state index is 12.3. The molecule has 0 unspecified atom stereocenters. The molecule has 1 aromatic carbocycles. The van der Waals surface area contributed by atoms with Crippen molar-refractivity contribution in [3.8, 4) is 0 Å². The number of benzene rings is 1. The van der Waals surface area contributed by atoms with Gasteiger partial charge in [-0.1, -0.05) is 0 Å². The van der Waals surface area contributed by atoms with Crippen LogP contribution in [0.2, 0.25) is 0 Å². The van der Waals surface area contributed by atoms with Gasteiger partial charge in [0, 0.05) is 25.2 Å². The fraction of sp³-hybridized carbons (Fsp3) is 0.467. The van der Waals surface area contributed by atoms with Gasteiger partial charge >= 0.3 is 5.97 Å². The molecule has 0 heterocycles. The SMILES string of the molecule is CCN(CC(=O)O)C(=O)c1ccc(S(=O)(=O)N(C)C(C)C)cc1. The molecule has 0 saturated heterocycles. The zero-order valence-corrected chi connectivity index (χ0v) is 14.5. The van der Waals surface area contributed by atoms with Gasteiger partial charge in [-0.2, -0.15) is 4.31 Å². The van der Waals surface area contributed by atoms with E-state index in [-0.39, 0.29) is 23.0 Å². The molecular weight excluding hydrogens is 320 g/mol. The van der Waals surface area contributed by atoms with Crippen molar-refractivity contribution in [3.63, 3.8) is 0 Å². The van der Waals surface area contributed by atoms with E-state index in [4.69, 9.17) is 5.11 Å². The van der Waals surface area contributed by atoms with Gasteiger partial charge in [-0.25, -0.2) is 8.42 Å². The molecule has 7 nitrogen and oxygen atoms in total. The molecule has 0 spiro atoms. The summed E-state index contributed by atoms with van der Waals surface area (Å²) in [4.78, 5) is 24.2. The fourth-order valence-electron chi connectivity index (χ4n) is 1.89. The lowest BCUT2D eigenvalue weighted by atomic mass is 10.2. The number of sulfonamides is 1. The highest BCUT2D eigenvalue weighted by molar-refractivity contribution is 7.89. The molecule has 1 N–H and O–H groups in total. The van der Waals surface area contributed by atoms with Gasteiger partial charge in [0.25, 0.3) is 5.91 Å². The third-order valence-corrected chi connectivity index (χ3v) is 5.55. The van der Waals surface area contributed by atoms with Crippen molar-refractivity contribution >= 4 is 21.9 Å². The summed E-state index contributed by atoms with van der Waals surface area (Å²) in [5.41, 5.74) is 0.249. The molecule has 1 amide bonds. The van der Waals surface area contributed by atoms with E-state index in [1.165, 1.54) is 40.5 Å². The van der Waals surface area contributed by atoms with Crippen molar-refractivity contribution in [2.45, 2.75) is 31.7 Å². The average Bonchev–Trinajstić information content (AvgIpc) is 2.50. The average molecular weight is 342 g/mol. The number of likely N-dealkylation sites (N-methyl/N-ethyl adjacent to an activating group) is 1. The molecule has 1 rings (SSSR count). The lowest BCUT2D eigenvalue weighted by molar-refractivity contribution is -0.137. The number of carboxylic acid groups (broad SMARTS) is 1. The Kier molecular flexibility index (Phi) is 6.28. The van der Waals surface area contributed by atoms with Crippen LogP contribution in [0.5, 0.6) is 0 Å². The third kappa shape index (κ3) is 4.52. The first-order chi connectivity index (χ1) is 10.6. The van der Waals surface area contributed by atoms with Crippen molar-refractivity contribution in [2.75, 3.05) is 20.1 Å². The molecule has 0 atom stereocenters. The number of aliphatic carboxylic acids is 1. The molecule has 0 fully saturated rings. The van der Waals surface area contributed by atoms with Crippen LogP contribution in [0.1, 0.15) is 31.1 Å². The molecule has 0 aliphatic heterocycles. The Morgan fingerprint density at radius 3 is 2.09 bits per heavy atom. The second kappa shape index (κ2) is 7.56. The monoisotopic (exact) mass is 342 g/mol. The number of hydrogen-bond donors (Lipinski definition) is 1. The lowest BCUT2D eigenvalue weighted by Crippen LogP contribution is -2.35. The van der Waals surface area contributed by atoms with Crippen LogP contribution in [0, 0.1) is 0 Å². The molecule has 0 aromatic heterocycles. The van der Waals surface area contributed by atoms with Crippen LogP contribution in [0.4, 0.5) is 0 Å². The summed E-state index contributed by atoms with van der Waals surface area (Å²) in [6.45, 7) is 5.06. The minimum Gasteiger partial charge on any atom is -0.480 e. The molecule has 0 radical (unpaired) electrons. The highest BCUT2D eigenvalue weighted by atomic mass is 32.2. The van der Waals surface area contributed by atoms with E-state index >= 15 is 0 Å². The van der Waals surface area contributed by atoms with E-state index in [1.807, 2.05) is 0 Å². The van der Waals surface area contributed by atoms with Crippen molar-refractivity contribution in [2.24, 2.45) is 0 Å². The summed E-state index contributed by atoms with van der Waals surface area (Å²) in [6.07, 6.45) is 0. The summed E-state index contributed by atoms with van der Waals surface area (Å²) in [5, 5.41) is 8.80. The van der Waals surface area contributed by atoms with Crippen LogP contribution in [0.3, 0.4) is 0 Å². The highest BCUT2D eigenvalue weighted by Crippen LogP contribution is 2.17. The fourth-order valence-corrected chi connectivity index (χ4v) is 3.25. The quantitative estimate of drug-likeness (QED) is 0.805. The number of carbonyl (C=O) groups is 2. The normalized spacial score (nSPS) is 11.7. The number of nitrogens with zero attached hydrogens (tertiary/aromatic N) is 2. The van der Waals surface area contributed by atoms with Gasteiger partial charge < -0.3 is 10.0 Å². The maximum absolute atomic E-state index is 12.3. The van der Waals surface area contributed by atoms with E-state index in [0.717, 1.165) is 0 Å². The predicted octanol–water partition coefficient (Wildman–Crippen LogP) is 1.26. The van der Waals surface area contributed by atoms with Crippen molar-refractivity contribution in [1.29, 1.82) is 0 Å². The Hall–Kier alpha value is -1.93. The number of amides is 1. The smallest absolute Gasteiger partial charge is 0.323 e. The van der Waals surface area contributed by atoms with Gasteiger partial charge in [-0.05, 0) is 45.0 Å². The van der Waals surface area contributed by atoms with Gasteiger partial charge in [0.15, 0.2) is 0 Å². The molecule has 0 saturated carbocycles. The van der Waals surface area contributed by atoms with Gasteiger partial charge in [0.05, 0.1) is 4.90 Å². The highest BCUT2D eigenvalue weighted by Gasteiger charge is 2.24. The van der Waals surface area contributed by atoms with Crippen LogP contribution in [0.25, 0.3) is 0 Å². The van der Waals surface area contributed by atoms with Gasteiger partial charge in [0.2, 0.25) is 10.0 Å². The molecule has 128 valence electrons. The summed E-state index contributed by atoms with van der Waals surface area (Å²) in [5.74, 6) is -1.55. The Labute approximate surface area is 136 Å². The molecule has 1 aromatic rings. The van der Waals surface area contributed by atoms with Crippen LogP contribution in [0.15, 0.2) is 29.2 Å². The molecule has 23 heavy (non-hydrogen) atoms. The summed E-state index contributed by atoms with van der Waals surface area (Å²) in [7, 11) is -2.12. The number of carbonyl (C=O) groups excluding carboxylic acids is 1. The van der Waals surface area contributed by atoms with E-state index in [1.54, 1.807) is 20.8 Å². The second-order valence-corrected chi connectivity index (χ2v) is 7.35.